The van der Waals surface area contributed by atoms with E-state index >= 15 is 0 Å². The van der Waals surface area contributed by atoms with Gasteiger partial charge in [0.1, 0.15) is 0 Å². The summed E-state index contributed by atoms with van der Waals surface area (Å²) in [6.07, 6.45) is 2.73. The van der Waals surface area contributed by atoms with E-state index in [1.165, 1.54) is 52.1 Å². The Morgan fingerprint density at radius 2 is 1.42 bits per heavy atom. The second-order valence-electron chi connectivity index (χ2n) is 7.30. The van der Waals surface area contributed by atoms with E-state index in [4.69, 9.17) is 0 Å². The number of rotatable bonds is 6. The van der Waals surface area contributed by atoms with Crippen LogP contribution in [0.4, 0.5) is 0 Å². The molecule has 2 heterocycles. The molecule has 112 valence electrons. The van der Waals surface area contributed by atoms with Crippen molar-refractivity contribution in [2.45, 2.75) is 52.6 Å². The maximum atomic E-state index is 3.39. The molecule has 0 amide bonds. The van der Waals surface area contributed by atoms with E-state index in [9.17, 15) is 0 Å². The van der Waals surface area contributed by atoms with E-state index in [0.717, 1.165) is 23.9 Å². The minimum Gasteiger partial charge on any atom is -0.314 e. The van der Waals surface area contributed by atoms with Gasteiger partial charge in [0.05, 0.1) is 0 Å². The molecule has 2 rings (SSSR count). The molecule has 0 aliphatic carbocycles. The van der Waals surface area contributed by atoms with Crippen LogP contribution in [0.25, 0.3) is 0 Å². The highest BCUT2D eigenvalue weighted by atomic mass is 15.3. The van der Waals surface area contributed by atoms with Crippen LogP contribution >= 0.6 is 0 Å². The van der Waals surface area contributed by atoms with Gasteiger partial charge in [-0.2, -0.15) is 0 Å². The first-order chi connectivity index (χ1) is 9.06. The molecular weight excluding hydrogens is 234 g/mol. The zero-order chi connectivity index (χ0) is 13.8. The SMILES string of the molecule is CC(C)CC(CC(C)C)N1CCN(C2CNC2)CC1. The van der Waals surface area contributed by atoms with Gasteiger partial charge in [-0.1, -0.05) is 27.7 Å². The van der Waals surface area contributed by atoms with Gasteiger partial charge in [-0.3, -0.25) is 9.80 Å². The Bertz CT molecular complexity index is 243. The molecule has 2 saturated heterocycles. The number of piperazine rings is 1. The average Bonchev–Trinajstić information content (AvgIpc) is 2.25. The summed E-state index contributed by atoms with van der Waals surface area (Å²) in [7, 11) is 0. The largest absolute Gasteiger partial charge is 0.314 e. The number of hydrogen-bond donors (Lipinski definition) is 1. The molecule has 0 radical (unpaired) electrons. The quantitative estimate of drug-likeness (QED) is 0.794. The molecule has 3 heteroatoms. The second kappa shape index (κ2) is 7.05. The molecule has 0 atom stereocenters. The normalized spacial score (nSPS) is 23.5. The van der Waals surface area contributed by atoms with Gasteiger partial charge >= 0.3 is 0 Å². The number of nitrogens with zero attached hydrogens (tertiary/aromatic N) is 2. The summed E-state index contributed by atoms with van der Waals surface area (Å²) in [5.41, 5.74) is 0. The van der Waals surface area contributed by atoms with Crippen LogP contribution in [0.3, 0.4) is 0 Å². The number of nitrogens with one attached hydrogen (secondary N) is 1. The van der Waals surface area contributed by atoms with Crippen LogP contribution in [0, 0.1) is 11.8 Å². The summed E-state index contributed by atoms with van der Waals surface area (Å²) in [6, 6.07) is 1.64. The monoisotopic (exact) mass is 267 g/mol. The zero-order valence-corrected chi connectivity index (χ0v) is 13.4. The maximum absolute atomic E-state index is 3.39. The molecule has 0 spiro atoms. The van der Waals surface area contributed by atoms with E-state index in [1.807, 2.05) is 0 Å². The van der Waals surface area contributed by atoms with Gasteiger partial charge in [0, 0.05) is 51.4 Å². The van der Waals surface area contributed by atoms with Crippen LogP contribution in [0.15, 0.2) is 0 Å². The molecule has 3 nitrogen and oxygen atoms in total. The van der Waals surface area contributed by atoms with Gasteiger partial charge in [0.2, 0.25) is 0 Å². The molecule has 2 fully saturated rings. The molecule has 19 heavy (non-hydrogen) atoms. The van der Waals surface area contributed by atoms with Crippen LogP contribution in [0.2, 0.25) is 0 Å². The van der Waals surface area contributed by atoms with E-state index in [2.05, 4.69) is 42.8 Å². The Hall–Kier alpha value is -0.120. The van der Waals surface area contributed by atoms with Crippen molar-refractivity contribution in [2.24, 2.45) is 11.8 Å². The van der Waals surface area contributed by atoms with Crippen LogP contribution in [-0.2, 0) is 0 Å². The molecule has 0 bridgehead atoms. The molecular formula is C16H33N3. The summed E-state index contributed by atoms with van der Waals surface area (Å²) < 4.78 is 0. The summed E-state index contributed by atoms with van der Waals surface area (Å²) in [4.78, 5) is 5.46. The predicted octanol–water partition coefficient (Wildman–Crippen LogP) is 2.04. The van der Waals surface area contributed by atoms with Gasteiger partial charge in [-0.25, -0.2) is 0 Å². The first kappa shape index (κ1) is 15.3. The molecule has 2 aliphatic rings. The molecule has 2 aliphatic heterocycles. The Balaban J connectivity index is 1.81. The summed E-state index contributed by atoms with van der Waals surface area (Å²) in [5.74, 6) is 1.63. The van der Waals surface area contributed by atoms with Gasteiger partial charge in [0.15, 0.2) is 0 Å². The van der Waals surface area contributed by atoms with Crippen molar-refractivity contribution >= 4 is 0 Å². The fraction of sp³-hybridized carbons (Fsp3) is 1.00. The molecule has 1 N–H and O–H groups in total. The Morgan fingerprint density at radius 3 is 1.79 bits per heavy atom. The van der Waals surface area contributed by atoms with Crippen LogP contribution in [0.5, 0.6) is 0 Å². The number of hydrogen-bond acceptors (Lipinski definition) is 3. The van der Waals surface area contributed by atoms with Gasteiger partial charge in [0.25, 0.3) is 0 Å². The highest BCUT2D eigenvalue weighted by Crippen LogP contribution is 2.21. The minimum atomic E-state index is 0.807. The average molecular weight is 267 g/mol. The van der Waals surface area contributed by atoms with Crippen LogP contribution in [0.1, 0.15) is 40.5 Å². The summed E-state index contributed by atoms with van der Waals surface area (Å²) >= 11 is 0. The fourth-order valence-electron chi connectivity index (χ4n) is 3.48. The first-order valence-corrected chi connectivity index (χ1v) is 8.25. The third kappa shape index (κ3) is 4.44. The van der Waals surface area contributed by atoms with Crippen LogP contribution in [-0.4, -0.2) is 61.2 Å². The zero-order valence-electron chi connectivity index (χ0n) is 13.4. The molecule has 0 aromatic heterocycles. The maximum Gasteiger partial charge on any atom is 0.0346 e. The van der Waals surface area contributed by atoms with E-state index in [0.29, 0.717) is 0 Å². The lowest BCUT2D eigenvalue weighted by Gasteiger charge is -2.45. The Morgan fingerprint density at radius 1 is 0.895 bits per heavy atom. The van der Waals surface area contributed by atoms with Crippen molar-refractivity contribution < 1.29 is 0 Å². The lowest BCUT2D eigenvalue weighted by atomic mass is 9.93. The lowest BCUT2D eigenvalue weighted by molar-refractivity contribution is 0.0409. The van der Waals surface area contributed by atoms with E-state index < -0.39 is 0 Å². The third-order valence-electron chi connectivity index (χ3n) is 4.63. The van der Waals surface area contributed by atoms with Crippen molar-refractivity contribution in [3.05, 3.63) is 0 Å². The van der Waals surface area contributed by atoms with Gasteiger partial charge < -0.3 is 5.32 Å². The van der Waals surface area contributed by atoms with Crippen molar-refractivity contribution in [1.82, 2.24) is 15.1 Å². The predicted molar refractivity (Wildman–Crippen MR) is 82.5 cm³/mol. The molecule has 0 unspecified atom stereocenters. The highest BCUT2D eigenvalue weighted by Gasteiger charge is 2.30. The van der Waals surface area contributed by atoms with Crippen molar-refractivity contribution in [3.63, 3.8) is 0 Å². The molecule has 0 saturated carbocycles. The van der Waals surface area contributed by atoms with Gasteiger partial charge in [-0.15, -0.1) is 0 Å². The summed E-state index contributed by atoms with van der Waals surface area (Å²) in [5, 5.41) is 3.39. The molecule has 0 aromatic rings. The Labute approximate surface area is 119 Å². The third-order valence-corrected chi connectivity index (χ3v) is 4.63. The second-order valence-corrected chi connectivity index (χ2v) is 7.30. The van der Waals surface area contributed by atoms with E-state index in [1.54, 1.807) is 0 Å². The highest BCUT2D eigenvalue weighted by molar-refractivity contribution is 4.89. The fourth-order valence-corrected chi connectivity index (χ4v) is 3.48. The smallest absolute Gasteiger partial charge is 0.0346 e. The van der Waals surface area contributed by atoms with Crippen molar-refractivity contribution in [2.75, 3.05) is 39.3 Å². The van der Waals surface area contributed by atoms with Crippen molar-refractivity contribution in [3.8, 4) is 0 Å². The first-order valence-electron chi connectivity index (χ1n) is 8.25. The minimum absolute atomic E-state index is 0.807. The van der Waals surface area contributed by atoms with Gasteiger partial charge in [-0.05, 0) is 24.7 Å². The molecule has 0 aromatic carbocycles. The van der Waals surface area contributed by atoms with Crippen LogP contribution < -0.4 is 5.32 Å². The lowest BCUT2D eigenvalue weighted by Crippen LogP contribution is -2.62. The summed E-state index contributed by atoms with van der Waals surface area (Å²) in [6.45, 7) is 17.0. The van der Waals surface area contributed by atoms with E-state index in [-0.39, 0.29) is 0 Å². The van der Waals surface area contributed by atoms with Crippen molar-refractivity contribution in [1.29, 1.82) is 0 Å². The topological polar surface area (TPSA) is 18.5 Å². The Kier molecular flexibility index (Phi) is 5.67. The standard InChI is InChI=1S/C16H33N3/c1-13(2)9-15(10-14(3)4)18-5-7-19(8-6-18)16-11-17-12-16/h13-17H,5-12H2,1-4H3.